The highest BCUT2D eigenvalue weighted by Gasteiger charge is 2.31. The van der Waals surface area contributed by atoms with Crippen LogP contribution in [-0.2, 0) is 9.53 Å². The zero-order valence-electron chi connectivity index (χ0n) is 16.5. The average molecular weight is 421 g/mol. The van der Waals surface area contributed by atoms with Gasteiger partial charge in [-0.1, -0.05) is 18.5 Å². The van der Waals surface area contributed by atoms with E-state index in [1.165, 1.54) is 4.80 Å². The Labute approximate surface area is 174 Å². The van der Waals surface area contributed by atoms with Gasteiger partial charge in [-0.2, -0.15) is 4.80 Å². The fourth-order valence-electron chi connectivity index (χ4n) is 3.35. The lowest BCUT2D eigenvalue weighted by molar-refractivity contribution is -0.137. The first-order chi connectivity index (χ1) is 14.0. The van der Waals surface area contributed by atoms with E-state index < -0.39 is 12.1 Å². The van der Waals surface area contributed by atoms with Crippen molar-refractivity contribution in [3.8, 4) is 11.4 Å². The molecule has 156 valence electrons. The molecule has 0 radical (unpaired) electrons. The second-order valence-electron chi connectivity index (χ2n) is 6.85. The van der Waals surface area contributed by atoms with Crippen molar-refractivity contribution in [3.05, 3.63) is 29.3 Å². The number of aromatic nitrogens is 4. The van der Waals surface area contributed by atoms with Crippen molar-refractivity contribution in [2.24, 2.45) is 0 Å². The van der Waals surface area contributed by atoms with Gasteiger partial charge >= 0.3 is 6.09 Å². The Hall–Kier alpha value is -2.68. The molecule has 0 saturated carbocycles. The van der Waals surface area contributed by atoms with Gasteiger partial charge in [0.1, 0.15) is 0 Å². The van der Waals surface area contributed by atoms with E-state index in [4.69, 9.17) is 16.3 Å². The second-order valence-corrected chi connectivity index (χ2v) is 7.29. The summed E-state index contributed by atoms with van der Waals surface area (Å²) in [6.07, 6.45) is 1.69. The predicted molar refractivity (Wildman–Crippen MR) is 107 cm³/mol. The first kappa shape index (κ1) is 21.0. The van der Waals surface area contributed by atoms with Crippen LogP contribution < -0.4 is 5.32 Å². The summed E-state index contributed by atoms with van der Waals surface area (Å²) in [5.74, 6) is 0.358. The zero-order chi connectivity index (χ0) is 20.8. The number of rotatable bonds is 6. The van der Waals surface area contributed by atoms with Crippen LogP contribution in [0.15, 0.2) is 24.3 Å². The maximum Gasteiger partial charge on any atom is 0.407 e. The topological polar surface area (TPSA) is 102 Å². The molecule has 0 spiro atoms. The predicted octanol–water partition coefficient (Wildman–Crippen LogP) is 2.68. The molecule has 29 heavy (non-hydrogen) atoms. The van der Waals surface area contributed by atoms with Crippen molar-refractivity contribution in [1.82, 2.24) is 30.4 Å². The van der Waals surface area contributed by atoms with Crippen LogP contribution in [0.1, 0.15) is 39.2 Å². The summed E-state index contributed by atoms with van der Waals surface area (Å²) in [5, 5.41) is 16.0. The molecule has 1 aromatic carbocycles. The fourth-order valence-corrected chi connectivity index (χ4v) is 3.48. The second kappa shape index (κ2) is 9.69. The molecule has 3 rings (SSSR count). The number of likely N-dealkylation sites (tertiary alicyclic amines) is 1. The molecule has 1 aliphatic rings. The molecule has 1 N–H and O–H groups in total. The van der Waals surface area contributed by atoms with Gasteiger partial charge in [0, 0.05) is 29.7 Å². The lowest BCUT2D eigenvalue weighted by atomic mass is 10.0. The van der Waals surface area contributed by atoms with Crippen LogP contribution in [0.25, 0.3) is 11.4 Å². The van der Waals surface area contributed by atoms with Crippen molar-refractivity contribution in [3.63, 3.8) is 0 Å². The maximum atomic E-state index is 13.1. The molecule has 2 atom stereocenters. The Balaban J connectivity index is 1.68. The third-order valence-electron chi connectivity index (χ3n) is 4.81. The summed E-state index contributed by atoms with van der Waals surface area (Å²) in [6, 6.07) is 6.45. The van der Waals surface area contributed by atoms with E-state index in [1.807, 2.05) is 19.1 Å². The molecule has 10 heteroatoms. The summed E-state index contributed by atoms with van der Waals surface area (Å²) in [4.78, 5) is 27.9. The lowest BCUT2D eigenvalue weighted by Crippen LogP contribution is -2.51. The van der Waals surface area contributed by atoms with Gasteiger partial charge in [-0.25, -0.2) is 4.79 Å². The van der Waals surface area contributed by atoms with E-state index >= 15 is 0 Å². The SMILES string of the molecule is CCOC(=O)NC1CCCN(C(=O)C(CC)n2nnc(-c3ccc(Cl)cc3)n2)C1. The third-order valence-corrected chi connectivity index (χ3v) is 5.06. The summed E-state index contributed by atoms with van der Waals surface area (Å²) in [5.41, 5.74) is 0.777. The van der Waals surface area contributed by atoms with Crippen LogP contribution in [0.4, 0.5) is 4.79 Å². The van der Waals surface area contributed by atoms with Crippen LogP contribution in [0.2, 0.25) is 5.02 Å². The van der Waals surface area contributed by atoms with Gasteiger partial charge in [-0.3, -0.25) is 4.79 Å². The van der Waals surface area contributed by atoms with Crippen molar-refractivity contribution in [2.45, 2.75) is 45.2 Å². The molecular formula is C19H25ClN6O3. The summed E-state index contributed by atoms with van der Waals surface area (Å²) in [6.45, 7) is 5.05. The van der Waals surface area contributed by atoms with E-state index in [2.05, 4.69) is 20.7 Å². The van der Waals surface area contributed by atoms with Crippen LogP contribution in [0, 0.1) is 0 Å². The standard InChI is InChI=1S/C19H25ClN6O3/c1-3-16(26-23-17(22-24-26)13-7-9-14(20)10-8-13)18(27)25-11-5-6-15(12-25)21-19(28)29-4-2/h7-10,15-16H,3-6,11-12H2,1-2H3,(H,21,28). The van der Waals surface area contributed by atoms with Gasteiger partial charge in [0.05, 0.1) is 6.61 Å². The third kappa shape index (κ3) is 5.23. The smallest absolute Gasteiger partial charge is 0.407 e. The number of hydrogen-bond donors (Lipinski definition) is 1. The normalized spacial score (nSPS) is 17.6. The number of piperidine rings is 1. The molecule has 1 saturated heterocycles. The number of ether oxygens (including phenoxy) is 1. The Bertz CT molecular complexity index is 841. The summed E-state index contributed by atoms with van der Waals surface area (Å²) < 4.78 is 4.94. The van der Waals surface area contributed by atoms with Crippen molar-refractivity contribution in [2.75, 3.05) is 19.7 Å². The number of tetrazole rings is 1. The maximum absolute atomic E-state index is 13.1. The number of nitrogens with zero attached hydrogens (tertiary/aromatic N) is 5. The highest BCUT2D eigenvalue weighted by atomic mass is 35.5. The Kier molecular flexibility index (Phi) is 7.03. The molecule has 1 aliphatic heterocycles. The van der Waals surface area contributed by atoms with Crippen LogP contribution >= 0.6 is 11.6 Å². The Morgan fingerprint density at radius 3 is 2.76 bits per heavy atom. The largest absolute Gasteiger partial charge is 0.450 e. The van der Waals surface area contributed by atoms with E-state index in [-0.39, 0.29) is 11.9 Å². The number of alkyl carbamates (subject to hydrolysis) is 1. The molecule has 1 fully saturated rings. The summed E-state index contributed by atoms with van der Waals surface area (Å²) in [7, 11) is 0. The quantitative estimate of drug-likeness (QED) is 0.770. The monoisotopic (exact) mass is 420 g/mol. The lowest BCUT2D eigenvalue weighted by Gasteiger charge is -2.34. The minimum atomic E-state index is -0.551. The number of halogens is 1. The number of hydrogen-bond acceptors (Lipinski definition) is 6. The number of benzene rings is 1. The van der Waals surface area contributed by atoms with E-state index in [0.717, 1.165) is 18.4 Å². The number of carbonyl (C=O) groups is 2. The minimum Gasteiger partial charge on any atom is -0.450 e. The molecular weight excluding hydrogens is 396 g/mol. The van der Waals surface area contributed by atoms with Crippen molar-refractivity contribution >= 4 is 23.6 Å². The van der Waals surface area contributed by atoms with E-state index in [1.54, 1.807) is 24.0 Å². The first-order valence-corrected chi connectivity index (χ1v) is 10.2. The minimum absolute atomic E-state index is 0.0806. The molecule has 2 heterocycles. The van der Waals surface area contributed by atoms with Gasteiger partial charge in [0.25, 0.3) is 0 Å². The molecule has 9 nitrogen and oxygen atoms in total. The average Bonchev–Trinajstić information content (AvgIpc) is 3.19. The number of amides is 2. The molecule has 0 bridgehead atoms. The van der Waals surface area contributed by atoms with Crippen LogP contribution in [-0.4, -0.2) is 62.8 Å². The van der Waals surface area contributed by atoms with Crippen LogP contribution in [0.3, 0.4) is 0 Å². The molecule has 2 amide bonds. The molecule has 0 aliphatic carbocycles. The van der Waals surface area contributed by atoms with Gasteiger partial charge in [-0.05, 0) is 55.7 Å². The molecule has 2 unspecified atom stereocenters. The van der Waals surface area contributed by atoms with E-state index in [9.17, 15) is 9.59 Å². The van der Waals surface area contributed by atoms with E-state index in [0.29, 0.717) is 37.0 Å². The number of carbonyl (C=O) groups excluding carboxylic acids is 2. The zero-order valence-corrected chi connectivity index (χ0v) is 17.3. The van der Waals surface area contributed by atoms with Crippen molar-refractivity contribution < 1.29 is 14.3 Å². The van der Waals surface area contributed by atoms with Crippen LogP contribution in [0.5, 0.6) is 0 Å². The number of nitrogens with one attached hydrogen (secondary N) is 1. The van der Waals surface area contributed by atoms with Crippen molar-refractivity contribution in [1.29, 1.82) is 0 Å². The molecule has 2 aromatic rings. The fraction of sp³-hybridized carbons (Fsp3) is 0.526. The highest BCUT2D eigenvalue weighted by molar-refractivity contribution is 6.30. The highest BCUT2D eigenvalue weighted by Crippen LogP contribution is 2.21. The van der Waals surface area contributed by atoms with Gasteiger partial charge in [0.2, 0.25) is 11.7 Å². The van der Waals surface area contributed by atoms with Gasteiger partial charge in [-0.15, -0.1) is 10.2 Å². The van der Waals surface area contributed by atoms with Gasteiger partial charge < -0.3 is 15.0 Å². The Morgan fingerprint density at radius 2 is 2.07 bits per heavy atom. The molecule has 1 aromatic heterocycles. The first-order valence-electron chi connectivity index (χ1n) is 9.79. The van der Waals surface area contributed by atoms with Gasteiger partial charge in [0.15, 0.2) is 6.04 Å². The summed E-state index contributed by atoms with van der Waals surface area (Å²) >= 11 is 5.92. The Morgan fingerprint density at radius 1 is 1.31 bits per heavy atom.